The number of benzene rings is 1. The maximum atomic E-state index is 6.58. The molecule has 118 valence electrons. The maximum absolute atomic E-state index is 6.58. The SMILES string of the molecule is Cc1cc(-c2ccco2)n(-c2c(Cl)ccc3c2CCNCC3)n1. The zero-order valence-electron chi connectivity index (χ0n) is 13.0. The lowest BCUT2D eigenvalue weighted by Crippen LogP contribution is -2.16. The Morgan fingerprint density at radius 1 is 1.22 bits per heavy atom. The zero-order valence-corrected chi connectivity index (χ0v) is 13.7. The van der Waals surface area contributed by atoms with Crippen LogP contribution in [0.15, 0.2) is 41.0 Å². The fourth-order valence-electron chi connectivity index (χ4n) is 3.22. The summed E-state index contributed by atoms with van der Waals surface area (Å²) in [5, 5.41) is 8.86. The minimum atomic E-state index is 0.724. The van der Waals surface area contributed by atoms with Crippen molar-refractivity contribution in [2.24, 2.45) is 0 Å². The summed E-state index contributed by atoms with van der Waals surface area (Å²) in [5.41, 5.74) is 5.47. The van der Waals surface area contributed by atoms with E-state index in [0.29, 0.717) is 0 Å². The van der Waals surface area contributed by atoms with E-state index in [4.69, 9.17) is 16.0 Å². The highest BCUT2D eigenvalue weighted by Gasteiger charge is 2.20. The topological polar surface area (TPSA) is 43.0 Å². The molecule has 1 aromatic carbocycles. The number of halogens is 1. The van der Waals surface area contributed by atoms with Crippen molar-refractivity contribution in [2.75, 3.05) is 13.1 Å². The van der Waals surface area contributed by atoms with Crippen molar-refractivity contribution in [3.8, 4) is 17.1 Å². The van der Waals surface area contributed by atoms with E-state index in [9.17, 15) is 0 Å². The summed E-state index contributed by atoms with van der Waals surface area (Å²) in [5.74, 6) is 0.797. The number of hydrogen-bond acceptors (Lipinski definition) is 3. The second-order valence-electron chi connectivity index (χ2n) is 5.84. The quantitative estimate of drug-likeness (QED) is 0.779. The van der Waals surface area contributed by atoms with E-state index in [1.165, 1.54) is 11.1 Å². The summed E-state index contributed by atoms with van der Waals surface area (Å²) < 4.78 is 7.52. The summed E-state index contributed by atoms with van der Waals surface area (Å²) >= 11 is 6.58. The molecule has 4 nitrogen and oxygen atoms in total. The van der Waals surface area contributed by atoms with Crippen LogP contribution in [-0.2, 0) is 12.8 Å². The van der Waals surface area contributed by atoms with Gasteiger partial charge in [0, 0.05) is 0 Å². The molecule has 0 fully saturated rings. The lowest BCUT2D eigenvalue weighted by atomic mass is 10.0. The monoisotopic (exact) mass is 327 g/mol. The molecule has 1 N–H and O–H groups in total. The first-order chi connectivity index (χ1) is 11.2. The standard InChI is InChI=1S/C18H18ClN3O/c1-12-11-16(17-3-2-10-23-17)22(21-12)18-14-7-9-20-8-6-13(14)4-5-15(18)19/h2-5,10-11,20H,6-9H2,1H3. The summed E-state index contributed by atoms with van der Waals surface area (Å²) in [6, 6.07) is 9.98. The zero-order chi connectivity index (χ0) is 15.8. The number of aryl methyl sites for hydroxylation is 1. The molecule has 0 unspecified atom stereocenters. The Morgan fingerprint density at radius 3 is 2.91 bits per heavy atom. The van der Waals surface area contributed by atoms with E-state index in [-0.39, 0.29) is 0 Å². The van der Waals surface area contributed by atoms with Crippen LogP contribution in [0.2, 0.25) is 5.02 Å². The Hall–Kier alpha value is -2.04. The van der Waals surface area contributed by atoms with Gasteiger partial charge >= 0.3 is 0 Å². The highest BCUT2D eigenvalue weighted by atomic mass is 35.5. The second-order valence-corrected chi connectivity index (χ2v) is 6.25. The van der Waals surface area contributed by atoms with Crippen molar-refractivity contribution >= 4 is 11.6 Å². The third kappa shape index (κ3) is 2.58. The fourth-order valence-corrected chi connectivity index (χ4v) is 3.48. The molecule has 0 saturated carbocycles. The van der Waals surface area contributed by atoms with Gasteiger partial charge in [-0.15, -0.1) is 0 Å². The van der Waals surface area contributed by atoms with E-state index in [0.717, 1.165) is 53.8 Å². The number of fused-ring (bicyclic) bond motifs is 1. The molecule has 4 rings (SSSR count). The molecule has 0 bridgehead atoms. The number of nitrogens with zero attached hydrogens (tertiary/aromatic N) is 2. The van der Waals surface area contributed by atoms with Crippen molar-refractivity contribution in [1.29, 1.82) is 0 Å². The summed E-state index contributed by atoms with van der Waals surface area (Å²) in [7, 11) is 0. The van der Waals surface area contributed by atoms with Crippen molar-refractivity contribution in [3.63, 3.8) is 0 Å². The highest BCUT2D eigenvalue weighted by molar-refractivity contribution is 6.32. The predicted molar refractivity (Wildman–Crippen MR) is 91.3 cm³/mol. The van der Waals surface area contributed by atoms with E-state index in [1.54, 1.807) is 6.26 Å². The number of aromatic nitrogens is 2. The van der Waals surface area contributed by atoms with Gasteiger partial charge in [0.05, 0.1) is 22.7 Å². The highest BCUT2D eigenvalue weighted by Crippen LogP contribution is 2.33. The van der Waals surface area contributed by atoms with Crippen molar-refractivity contribution in [1.82, 2.24) is 15.1 Å². The van der Waals surface area contributed by atoms with Gasteiger partial charge < -0.3 is 9.73 Å². The van der Waals surface area contributed by atoms with Gasteiger partial charge in [-0.2, -0.15) is 5.10 Å². The van der Waals surface area contributed by atoms with E-state index < -0.39 is 0 Å². The molecule has 0 atom stereocenters. The van der Waals surface area contributed by atoms with E-state index in [2.05, 4.69) is 16.5 Å². The Balaban J connectivity index is 1.95. The maximum Gasteiger partial charge on any atom is 0.152 e. The number of furan rings is 1. The molecule has 1 aliphatic rings. The Kier molecular flexibility index (Phi) is 3.71. The predicted octanol–water partition coefficient (Wildman–Crippen LogP) is 3.78. The first-order valence-corrected chi connectivity index (χ1v) is 8.24. The van der Waals surface area contributed by atoms with Crippen LogP contribution in [0.4, 0.5) is 0 Å². The van der Waals surface area contributed by atoms with E-state index >= 15 is 0 Å². The van der Waals surface area contributed by atoms with Crippen molar-refractivity contribution in [2.45, 2.75) is 19.8 Å². The molecule has 5 heteroatoms. The van der Waals surface area contributed by atoms with Crippen LogP contribution < -0.4 is 5.32 Å². The molecule has 2 aromatic heterocycles. The Morgan fingerprint density at radius 2 is 2.09 bits per heavy atom. The number of hydrogen-bond donors (Lipinski definition) is 1. The summed E-state index contributed by atoms with van der Waals surface area (Å²) in [4.78, 5) is 0. The van der Waals surface area contributed by atoms with E-state index in [1.807, 2.05) is 35.9 Å². The lowest BCUT2D eigenvalue weighted by Gasteiger charge is -2.16. The third-order valence-electron chi connectivity index (χ3n) is 4.27. The minimum Gasteiger partial charge on any atom is -0.463 e. The van der Waals surface area contributed by atoms with Crippen molar-refractivity contribution in [3.05, 3.63) is 58.4 Å². The van der Waals surface area contributed by atoms with Crippen molar-refractivity contribution < 1.29 is 4.42 Å². The van der Waals surface area contributed by atoms with Crippen LogP contribution in [-0.4, -0.2) is 22.9 Å². The van der Waals surface area contributed by atoms with Gasteiger partial charge in [-0.25, -0.2) is 4.68 Å². The Bertz CT molecular complexity index is 836. The van der Waals surface area contributed by atoms with Crippen LogP contribution in [0.3, 0.4) is 0 Å². The second kappa shape index (κ2) is 5.87. The van der Waals surface area contributed by atoms with Gasteiger partial charge in [0.15, 0.2) is 5.76 Å². The van der Waals surface area contributed by atoms with Gasteiger partial charge in [-0.1, -0.05) is 17.7 Å². The molecule has 3 heterocycles. The van der Waals surface area contributed by atoms with Gasteiger partial charge in [-0.05, 0) is 68.2 Å². The molecule has 0 radical (unpaired) electrons. The summed E-state index contributed by atoms with van der Waals surface area (Å²) in [6.07, 6.45) is 3.64. The van der Waals surface area contributed by atoms with Crippen LogP contribution >= 0.6 is 11.6 Å². The average Bonchev–Trinajstić information content (AvgIpc) is 3.12. The average molecular weight is 328 g/mol. The van der Waals surface area contributed by atoms with Gasteiger partial charge in [0.2, 0.25) is 0 Å². The van der Waals surface area contributed by atoms with Gasteiger partial charge in [-0.3, -0.25) is 0 Å². The molecule has 1 aliphatic heterocycles. The summed E-state index contributed by atoms with van der Waals surface area (Å²) in [6.45, 7) is 3.94. The minimum absolute atomic E-state index is 0.724. The molecule has 0 saturated heterocycles. The molecule has 23 heavy (non-hydrogen) atoms. The van der Waals surface area contributed by atoms with Crippen LogP contribution in [0, 0.1) is 6.92 Å². The largest absolute Gasteiger partial charge is 0.463 e. The van der Waals surface area contributed by atoms with Crippen LogP contribution in [0.5, 0.6) is 0 Å². The van der Waals surface area contributed by atoms with Gasteiger partial charge in [0.1, 0.15) is 5.69 Å². The molecular formula is C18H18ClN3O. The normalized spacial score (nSPS) is 14.5. The fraction of sp³-hybridized carbons (Fsp3) is 0.278. The smallest absolute Gasteiger partial charge is 0.152 e. The van der Waals surface area contributed by atoms with Gasteiger partial charge in [0.25, 0.3) is 0 Å². The first-order valence-electron chi connectivity index (χ1n) is 7.86. The molecule has 0 amide bonds. The number of rotatable bonds is 2. The molecule has 3 aromatic rings. The Labute approximate surface area is 140 Å². The third-order valence-corrected chi connectivity index (χ3v) is 4.58. The number of nitrogens with one attached hydrogen (secondary N) is 1. The molecule has 0 spiro atoms. The van der Waals surface area contributed by atoms with Crippen LogP contribution in [0.25, 0.3) is 17.1 Å². The van der Waals surface area contributed by atoms with Crippen LogP contribution in [0.1, 0.15) is 16.8 Å². The lowest BCUT2D eigenvalue weighted by molar-refractivity contribution is 0.576. The molecular weight excluding hydrogens is 310 g/mol. The molecule has 0 aliphatic carbocycles. The first kappa shape index (κ1) is 14.5.